The van der Waals surface area contributed by atoms with Gasteiger partial charge in [-0.3, -0.25) is 9.59 Å². The lowest BCUT2D eigenvalue weighted by Crippen LogP contribution is -2.28. The van der Waals surface area contributed by atoms with Gasteiger partial charge in [0.1, 0.15) is 6.61 Å². The minimum Gasteiger partial charge on any atom is -0.462 e. The van der Waals surface area contributed by atoms with Crippen LogP contribution in [0.3, 0.4) is 0 Å². The highest BCUT2D eigenvalue weighted by Gasteiger charge is 2.16. The zero-order valence-electron chi connectivity index (χ0n) is 21.2. The number of aliphatic hydroxyl groups is 1. The summed E-state index contributed by atoms with van der Waals surface area (Å²) in [6.07, 6.45) is 21.8. The molecule has 0 aliphatic heterocycles. The van der Waals surface area contributed by atoms with Crippen LogP contribution in [0, 0.1) is 0 Å². The standard InChI is InChI=1S/C27H52O5/c1-3-5-7-9-10-11-12-13-14-15-16-18-19-21-26(29)31-24-25(23-28)32-27(30)22-20-17-8-6-4-2/h25,28H,3-24H2,1-2H3/t25-/m0/s1. The van der Waals surface area contributed by atoms with Crippen LogP contribution in [0.2, 0.25) is 0 Å². The molecule has 1 N–H and O–H groups in total. The normalized spacial score (nSPS) is 12.0. The highest BCUT2D eigenvalue weighted by Crippen LogP contribution is 2.13. The summed E-state index contributed by atoms with van der Waals surface area (Å²) in [5, 5.41) is 9.36. The Kier molecular flexibility index (Phi) is 23.7. The molecule has 0 saturated carbocycles. The van der Waals surface area contributed by atoms with E-state index >= 15 is 0 Å². The number of carbonyl (C=O) groups excluding carboxylic acids is 2. The predicted molar refractivity (Wildman–Crippen MR) is 132 cm³/mol. The van der Waals surface area contributed by atoms with Crippen molar-refractivity contribution in [2.45, 2.75) is 148 Å². The lowest BCUT2D eigenvalue weighted by Gasteiger charge is -2.15. The van der Waals surface area contributed by atoms with Crippen LogP contribution in [0.4, 0.5) is 0 Å². The van der Waals surface area contributed by atoms with Gasteiger partial charge >= 0.3 is 11.9 Å². The van der Waals surface area contributed by atoms with Crippen molar-refractivity contribution in [1.29, 1.82) is 0 Å². The molecule has 0 aromatic carbocycles. The summed E-state index contributed by atoms with van der Waals surface area (Å²) in [6, 6.07) is 0. The molecule has 0 unspecified atom stereocenters. The largest absolute Gasteiger partial charge is 0.462 e. The molecule has 5 nitrogen and oxygen atoms in total. The van der Waals surface area contributed by atoms with E-state index in [1.54, 1.807) is 0 Å². The second-order valence-electron chi connectivity index (χ2n) is 9.13. The number of carbonyl (C=O) groups is 2. The van der Waals surface area contributed by atoms with E-state index in [0.29, 0.717) is 12.8 Å². The molecule has 0 amide bonds. The van der Waals surface area contributed by atoms with Crippen LogP contribution in [0.1, 0.15) is 142 Å². The first-order valence-corrected chi connectivity index (χ1v) is 13.6. The van der Waals surface area contributed by atoms with Crippen molar-refractivity contribution in [2.24, 2.45) is 0 Å². The van der Waals surface area contributed by atoms with Crippen LogP contribution >= 0.6 is 0 Å². The molecule has 5 heteroatoms. The maximum atomic E-state index is 11.9. The first-order chi connectivity index (χ1) is 15.6. The number of aliphatic hydroxyl groups excluding tert-OH is 1. The Morgan fingerprint density at radius 1 is 0.594 bits per heavy atom. The Morgan fingerprint density at radius 3 is 1.38 bits per heavy atom. The van der Waals surface area contributed by atoms with Gasteiger partial charge in [0.2, 0.25) is 0 Å². The summed E-state index contributed by atoms with van der Waals surface area (Å²) in [5.74, 6) is -0.602. The van der Waals surface area contributed by atoms with Crippen molar-refractivity contribution >= 4 is 11.9 Å². The lowest BCUT2D eigenvalue weighted by atomic mass is 10.0. The Morgan fingerprint density at radius 2 is 0.969 bits per heavy atom. The van der Waals surface area contributed by atoms with Crippen LogP contribution < -0.4 is 0 Å². The highest BCUT2D eigenvalue weighted by atomic mass is 16.6. The van der Waals surface area contributed by atoms with Crippen molar-refractivity contribution in [3.8, 4) is 0 Å². The maximum Gasteiger partial charge on any atom is 0.306 e. The summed E-state index contributed by atoms with van der Waals surface area (Å²) in [6.45, 7) is 4.02. The molecule has 0 rings (SSSR count). The molecule has 0 heterocycles. The molecule has 0 bridgehead atoms. The fraction of sp³-hybridized carbons (Fsp3) is 0.926. The van der Waals surface area contributed by atoms with Gasteiger partial charge in [-0.05, 0) is 12.8 Å². The van der Waals surface area contributed by atoms with Gasteiger partial charge in [0, 0.05) is 12.8 Å². The molecule has 0 fully saturated rings. The Bertz CT molecular complexity index is 424. The first-order valence-electron chi connectivity index (χ1n) is 13.6. The molecule has 0 spiro atoms. The number of esters is 2. The monoisotopic (exact) mass is 456 g/mol. The lowest BCUT2D eigenvalue weighted by molar-refractivity contribution is -0.161. The van der Waals surface area contributed by atoms with E-state index in [-0.39, 0.29) is 25.2 Å². The quantitative estimate of drug-likeness (QED) is 0.122. The molecule has 0 aliphatic rings. The molecule has 0 aromatic rings. The molecular formula is C27H52O5. The van der Waals surface area contributed by atoms with E-state index in [2.05, 4.69) is 13.8 Å². The summed E-state index contributed by atoms with van der Waals surface area (Å²) in [7, 11) is 0. The van der Waals surface area contributed by atoms with Gasteiger partial charge in [-0.15, -0.1) is 0 Å². The average Bonchev–Trinajstić information content (AvgIpc) is 2.79. The third-order valence-corrected chi connectivity index (χ3v) is 5.90. The number of rotatable bonds is 24. The zero-order valence-corrected chi connectivity index (χ0v) is 21.2. The van der Waals surface area contributed by atoms with E-state index in [4.69, 9.17) is 9.47 Å². The van der Waals surface area contributed by atoms with Crippen LogP contribution in [-0.4, -0.2) is 36.4 Å². The summed E-state index contributed by atoms with van der Waals surface area (Å²) in [4.78, 5) is 23.7. The summed E-state index contributed by atoms with van der Waals surface area (Å²) < 4.78 is 10.4. The fourth-order valence-corrected chi connectivity index (χ4v) is 3.79. The van der Waals surface area contributed by atoms with E-state index < -0.39 is 6.10 Å². The summed E-state index contributed by atoms with van der Waals surface area (Å²) >= 11 is 0. The Balaban J connectivity index is 3.53. The van der Waals surface area contributed by atoms with Crippen molar-refractivity contribution in [3.63, 3.8) is 0 Å². The molecular weight excluding hydrogens is 404 g/mol. The smallest absolute Gasteiger partial charge is 0.306 e. The van der Waals surface area contributed by atoms with Gasteiger partial charge in [-0.1, -0.05) is 117 Å². The third-order valence-electron chi connectivity index (χ3n) is 5.90. The third kappa shape index (κ3) is 22.1. The first kappa shape index (κ1) is 30.9. The van der Waals surface area contributed by atoms with Gasteiger partial charge < -0.3 is 14.6 Å². The number of hydrogen-bond donors (Lipinski definition) is 1. The van der Waals surface area contributed by atoms with Crippen LogP contribution in [-0.2, 0) is 19.1 Å². The SMILES string of the molecule is CCCCCCCCCCCCCCCC(=O)OC[C@H](CO)OC(=O)CCCCCCC. The van der Waals surface area contributed by atoms with Crippen molar-refractivity contribution < 1.29 is 24.2 Å². The molecule has 0 aliphatic carbocycles. The van der Waals surface area contributed by atoms with Gasteiger partial charge in [0.05, 0.1) is 6.61 Å². The van der Waals surface area contributed by atoms with Gasteiger partial charge in [0.15, 0.2) is 6.10 Å². The number of unbranched alkanes of at least 4 members (excludes halogenated alkanes) is 16. The topological polar surface area (TPSA) is 72.8 Å². The second-order valence-corrected chi connectivity index (χ2v) is 9.13. The van der Waals surface area contributed by atoms with Crippen LogP contribution in [0.5, 0.6) is 0 Å². The molecule has 190 valence electrons. The van der Waals surface area contributed by atoms with E-state index in [0.717, 1.165) is 32.1 Å². The Labute approximate surface area is 198 Å². The minimum atomic E-state index is -0.756. The fourth-order valence-electron chi connectivity index (χ4n) is 3.79. The van der Waals surface area contributed by atoms with Crippen LogP contribution in [0.25, 0.3) is 0 Å². The maximum absolute atomic E-state index is 11.9. The molecule has 0 saturated heterocycles. The van der Waals surface area contributed by atoms with Gasteiger partial charge in [0.25, 0.3) is 0 Å². The molecule has 1 atom stereocenters. The Hall–Kier alpha value is -1.10. The van der Waals surface area contributed by atoms with E-state index in [9.17, 15) is 14.7 Å². The van der Waals surface area contributed by atoms with Gasteiger partial charge in [-0.2, -0.15) is 0 Å². The zero-order chi connectivity index (χ0) is 23.7. The summed E-state index contributed by atoms with van der Waals surface area (Å²) in [5.41, 5.74) is 0. The molecule has 0 aromatic heterocycles. The second kappa shape index (κ2) is 24.5. The average molecular weight is 457 g/mol. The van der Waals surface area contributed by atoms with E-state index in [1.165, 1.54) is 83.5 Å². The number of hydrogen-bond acceptors (Lipinski definition) is 5. The number of ether oxygens (including phenoxy) is 2. The van der Waals surface area contributed by atoms with E-state index in [1.807, 2.05) is 0 Å². The van der Waals surface area contributed by atoms with Crippen molar-refractivity contribution in [1.82, 2.24) is 0 Å². The van der Waals surface area contributed by atoms with Crippen molar-refractivity contribution in [2.75, 3.05) is 13.2 Å². The van der Waals surface area contributed by atoms with Crippen molar-refractivity contribution in [3.05, 3.63) is 0 Å². The van der Waals surface area contributed by atoms with Crippen LogP contribution in [0.15, 0.2) is 0 Å². The minimum absolute atomic E-state index is 0.0602. The highest BCUT2D eigenvalue weighted by molar-refractivity contribution is 5.70. The molecule has 32 heavy (non-hydrogen) atoms. The van der Waals surface area contributed by atoms with Gasteiger partial charge in [-0.25, -0.2) is 0 Å². The predicted octanol–water partition coefficient (Wildman–Crippen LogP) is 7.28. The molecule has 0 radical (unpaired) electrons.